The quantitative estimate of drug-likeness (QED) is 0.164. The van der Waals surface area contributed by atoms with Gasteiger partial charge in [0.05, 0.1) is 20.4 Å². The molecule has 37 heavy (non-hydrogen) atoms. The Morgan fingerprint density at radius 3 is 1.65 bits per heavy atom. The maximum Gasteiger partial charge on any atom is 0.124 e. The fourth-order valence-corrected chi connectivity index (χ4v) is 6.22. The van der Waals surface area contributed by atoms with Crippen LogP contribution >= 0.6 is 22.7 Å². The van der Waals surface area contributed by atoms with Gasteiger partial charge in [-0.15, -0.1) is 22.7 Å². The standard InChI is InChI=1S/C32H23N3S2/c1-21(22-11-15-24(16-12-22)31-34-27-7-3-5-9-29(27)36-31)19-26(20-33-2)23-13-17-25(18-14-23)32-35-28-8-4-6-10-30(28)37-32/h3-20H,2H2,1H3/b21-19+,26-20+. The van der Waals surface area contributed by atoms with Gasteiger partial charge in [0, 0.05) is 22.9 Å². The molecule has 5 heteroatoms. The molecule has 0 amide bonds. The van der Waals surface area contributed by atoms with E-state index in [4.69, 9.17) is 9.97 Å². The predicted molar refractivity (Wildman–Crippen MR) is 161 cm³/mol. The first-order valence-corrected chi connectivity index (χ1v) is 13.6. The maximum absolute atomic E-state index is 4.78. The lowest BCUT2D eigenvalue weighted by Crippen LogP contribution is -1.86. The summed E-state index contributed by atoms with van der Waals surface area (Å²) in [5.41, 5.74) is 8.74. The first-order valence-electron chi connectivity index (χ1n) is 11.9. The zero-order valence-electron chi connectivity index (χ0n) is 20.3. The molecule has 2 aromatic heterocycles. The van der Waals surface area contributed by atoms with Crippen LogP contribution in [0.3, 0.4) is 0 Å². The Hall–Kier alpha value is -4.19. The lowest BCUT2D eigenvalue weighted by atomic mass is 9.99. The van der Waals surface area contributed by atoms with Crippen LogP contribution in [-0.2, 0) is 0 Å². The molecular weight excluding hydrogens is 491 g/mol. The molecule has 0 aliphatic rings. The number of fused-ring (bicyclic) bond motifs is 2. The average molecular weight is 514 g/mol. The van der Waals surface area contributed by atoms with Crippen molar-refractivity contribution < 1.29 is 0 Å². The molecule has 0 spiro atoms. The van der Waals surface area contributed by atoms with Crippen molar-refractivity contribution in [2.75, 3.05) is 0 Å². The first kappa shape index (κ1) is 23.2. The largest absolute Gasteiger partial charge is 0.272 e. The van der Waals surface area contributed by atoms with E-state index in [2.05, 4.69) is 110 Å². The van der Waals surface area contributed by atoms with E-state index in [-0.39, 0.29) is 0 Å². The smallest absolute Gasteiger partial charge is 0.124 e. The van der Waals surface area contributed by atoms with Crippen LogP contribution in [0.4, 0.5) is 0 Å². The Bertz CT molecular complexity index is 1720. The summed E-state index contributed by atoms with van der Waals surface area (Å²) in [4.78, 5) is 13.6. The van der Waals surface area contributed by atoms with Crippen LogP contribution < -0.4 is 0 Å². The number of aromatic nitrogens is 2. The van der Waals surface area contributed by atoms with E-state index in [1.165, 1.54) is 9.40 Å². The van der Waals surface area contributed by atoms with Crippen molar-refractivity contribution in [3.63, 3.8) is 0 Å². The van der Waals surface area contributed by atoms with Crippen LogP contribution in [0.25, 0.3) is 52.7 Å². The highest BCUT2D eigenvalue weighted by molar-refractivity contribution is 7.22. The van der Waals surface area contributed by atoms with Crippen molar-refractivity contribution in [1.82, 2.24) is 9.97 Å². The average Bonchev–Trinajstić information content (AvgIpc) is 3.58. The molecule has 0 aliphatic heterocycles. The molecule has 0 saturated carbocycles. The van der Waals surface area contributed by atoms with Gasteiger partial charge in [0.25, 0.3) is 0 Å². The molecule has 0 radical (unpaired) electrons. The van der Waals surface area contributed by atoms with E-state index in [0.29, 0.717) is 0 Å². The Kier molecular flexibility index (Phi) is 6.31. The summed E-state index contributed by atoms with van der Waals surface area (Å²) in [6.07, 6.45) is 3.97. The van der Waals surface area contributed by atoms with Crippen molar-refractivity contribution in [3.8, 4) is 21.1 Å². The Balaban J connectivity index is 1.25. The minimum atomic E-state index is 1.01. The van der Waals surface area contributed by atoms with Gasteiger partial charge in [-0.1, -0.05) is 72.8 Å². The van der Waals surface area contributed by atoms with Gasteiger partial charge < -0.3 is 0 Å². The SMILES string of the molecule is C=N/C=C(\C=C(/C)c1ccc(-c2nc3ccccc3s2)cc1)c1ccc(-c2nc3ccccc3s2)cc1. The zero-order valence-corrected chi connectivity index (χ0v) is 21.9. The van der Waals surface area contributed by atoms with Gasteiger partial charge in [-0.25, -0.2) is 9.97 Å². The third-order valence-electron chi connectivity index (χ3n) is 6.24. The van der Waals surface area contributed by atoms with Gasteiger partial charge in [-0.3, -0.25) is 4.99 Å². The Labute approximate surface area is 223 Å². The van der Waals surface area contributed by atoms with Gasteiger partial charge in [-0.2, -0.15) is 0 Å². The number of hydrogen-bond donors (Lipinski definition) is 0. The summed E-state index contributed by atoms with van der Waals surface area (Å²) in [6, 6.07) is 33.6. The normalized spacial score (nSPS) is 12.4. The minimum absolute atomic E-state index is 1.01. The van der Waals surface area contributed by atoms with E-state index in [1.807, 2.05) is 18.3 Å². The highest BCUT2D eigenvalue weighted by atomic mass is 32.1. The van der Waals surface area contributed by atoms with Gasteiger partial charge >= 0.3 is 0 Å². The summed E-state index contributed by atoms with van der Waals surface area (Å²) in [5.74, 6) is 0. The van der Waals surface area contributed by atoms with Crippen molar-refractivity contribution in [1.29, 1.82) is 0 Å². The fraction of sp³-hybridized carbons (Fsp3) is 0.0312. The number of hydrogen-bond acceptors (Lipinski definition) is 5. The fourth-order valence-electron chi connectivity index (χ4n) is 4.28. The van der Waals surface area contributed by atoms with Crippen molar-refractivity contribution in [3.05, 3.63) is 120 Å². The number of benzene rings is 4. The van der Waals surface area contributed by atoms with E-state index in [1.54, 1.807) is 22.7 Å². The van der Waals surface area contributed by atoms with Gasteiger partial charge in [0.1, 0.15) is 10.0 Å². The molecule has 0 aliphatic carbocycles. The van der Waals surface area contributed by atoms with Crippen molar-refractivity contribution in [2.45, 2.75) is 6.92 Å². The molecule has 0 fully saturated rings. The van der Waals surface area contributed by atoms with Crippen molar-refractivity contribution >= 4 is 61.0 Å². The molecule has 0 unspecified atom stereocenters. The van der Waals surface area contributed by atoms with Gasteiger partial charge in [-0.05, 0) is 60.7 Å². The number of aliphatic imine (C=N–C) groups is 1. The summed E-state index contributed by atoms with van der Waals surface area (Å²) in [6.45, 7) is 5.81. The van der Waals surface area contributed by atoms with Crippen molar-refractivity contribution in [2.24, 2.45) is 4.99 Å². The molecule has 0 saturated heterocycles. The number of thiazole rings is 2. The van der Waals surface area contributed by atoms with Crippen LogP contribution in [-0.4, -0.2) is 16.7 Å². The van der Waals surface area contributed by atoms with E-state index in [0.717, 1.165) is 54.4 Å². The van der Waals surface area contributed by atoms with E-state index in [9.17, 15) is 0 Å². The zero-order chi connectivity index (χ0) is 25.2. The molecular formula is C32H23N3S2. The minimum Gasteiger partial charge on any atom is -0.272 e. The molecule has 2 heterocycles. The third-order valence-corrected chi connectivity index (χ3v) is 8.41. The number of rotatable bonds is 6. The second kappa shape index (κ2) is 10.1. The highest BCUT2D eigenvalue weighted by Gasteiger charge is 2.09. The first-order chi connectivity index (χ1) is 18.2. The van der Waals surface area contributed by atoms with Crippen LogP contribution in [0, 0.1) is 0 Å². The summed E-state index contributed by atoms with van der Waals surface area (Å²) in [5, 5.41) is 2.07. The van der Waals surface area contributed by atoms with Gasteiger partial charge in [0.15, 0.2) is 0 Å². The number of nitrogens with zero attached hydrogens (tertiary/aromatic N) is 3. The molecule has 4 aromatic carbocycles. The molecule has 6 aromatic rings. The Morgan fingerprint density at radius 1 is 0.676 bits per heavy atom. The maximum atomic E-state index is 4.78. The molecule has 0 atom stereocenters. The third kappa shape index (κ3) is 4.79. The lowest BCUT2D eigenvalue weighted by Gasteiger charge is -2.07. The molecule has 0 bridgehead atoms. The van der Waals surface area contributed by atoms with Gasteiger partial charge in [0.2, 0.25) is 0 Å². The predicted octanol–water partition coefficient (Wildman–Crippen LogP) is 9.38. The number of para-hydroxylation sites is 2. The summed E-state index contributed by atoms with van der Waals surface area (Å²) >= 11 is 3.44. The van der Waals surface area contributed by atoms with Crippen LogP contribution in [0.5, 0.6) is 0 Å². The molecule has 178 valence electrons. The highest BCUT2D eigenvalue weighted by Crippen LogP contribution is 2.33. The summed E-state index contributed by atoms with van der Waals surface area (Å²) < 4.78 is 2.41. The van der Waals surface area contributed by atoms with Crippen LogP contribution in [0.2, 0.25) is 0 Å². The van der Waals surface area contributed by atoms with Crippen LogP contribution in [0.1, 0.15) is 18.1 Å². The monoisotopic (exact) mass is 513 g/mol. The number of allylic oxidation sites excluding steroid dienone is 3. The van der Waals surface area contributed by atoms with E-state index >= 15 is 0 Å². The molecule has 6 rings (SSSR count). The van der Waals surface area contributed by atoms with E-state index < -0.39 is 0 Å². The molecule has 3 nitrogen and oxygen atoms in total. The topological polar surface area (TPSA) is 38.1 Å². The summed E-state index contributed by atoms with van der Waals surface area (Å²) in [7, 11) is 0. The second-order valence-electron chi connectivity index (χ2n) is 8.72. The Morgan fingerprint density at radius 2 is 1.16 bits per heavy atom. The lowest BCUT2D eigenvalue weighted by molar-refractivity contribution is 1.46. The van der Waals surface area contributed by atoms with Crippen LogP contribution in [0.15, 0.2) is 114 Å². The second-order valence-corrected chi connectivity index (χ2v) is 10.8. The molecule has 0 N–H and O–H groups in total.